The number of carbonyl (C=O) groups excluding carboxylic acids is 2. The van der Waals surface area contributed by atoms with Crippen LogP contribution in [0.4, 0.5) is 0 Å². The van der Waals surface area contributed by atoms with Crippen LogP contribution in [0.1, 0.15) is 60.3 Å². The average Bonchev–Trinajstić information content (AvgIpc) is 2.78. The number of carbonyl (C=O) groups is 2. The largest absolute Gasteiger partial charge is 0.344 e. The standard InChI is InChI=1S/C16H29IN2O2/c1-6-8-13(20)18-14(11(2)3)15(21)19-10-7-9-16(19,5)12(4)17/h11-12,14H,6-10H2,1-5H3,(H,18,20)/t12-,14+,16-/m1/s1. The van der Waals surface area contributed by atoms with Crippen LogP contribution in [0.5, 0.6) is 0 Å². The van der Waals surface area contributed by atoms with Gasteiger partial charge in [0.1, 0.15) is 6.04 Å². The maximum atomic E-state index is 13.0. The Bertz CT molecular complexity index is 384. The molecule has 4 nitrogen and oxygen atoms in total. The minimum atomic E-state index is -0.406. The van der Waals surface area contributed by atoms with Gasteiger partial charge in [-0.25, -0.2) is 0 Å². The third kappa shape index (κ3) is 4.33. The number of halogens is 1. The molecule has 0 unspecified atom stereocenters. The third-order valence-corrected chi connectivity index (χ3v) is 5.87. The predicted octanol–water partition coefficient (Wildman–Crippen LogP) is 3.13. The van der Waals surface area contributed by atoms with E-state index >= 15 is 0 Å². The number of hydrogen-bond acceptors (Lipinski definition) is 2. The Morgan fingerprint density at radius 2 is 1.95 bits per heavy atom. The summed E-state index contributed by atoms with van der Waals surface area (Å²) in [5.74, 6) is 0.165. The number of alkyl halides is 1. The molecule has 0 saturated carbocycles. The molecule has 0 aliphatic carbocycles. The van der Waals surface area contributed by atoms with Crippen molar-refractivity contribution in [2.24, 2.45) is 5.92 Å². The molecule has 21 heavy (non-hydrogen) atoms. The summed E-state index contributed by atoms with van der Waals surface area (Å²) in [6.45, 7) is 11.1. The molecule has 1 aliphatic rings. The summed E-state index contributed by atoms with van der Waals surface area (Å²) in [6, 6.07) is -0.406. The Balaban J connectivity index is 2.88. The van der Waals surface area contributed by atoms with E-state index in [1.165, 1.54) is 0 Å². The molecular formula is C16H29IN2O2. The second-order valence-electron chi connectivity index (χ2n) is 6.61. The zero-order chi connectivity index (χ0) is 16.2. The molecule has 1 saturated heterocycles. The lowest BCUT2D eigenvalue weighted by Gasteiger charge is -2.40. The first-order chi connectivity index (χ1) is 9.74. The van der Waals surface area contributed by atoms with Crippen molar-refractivity contribution in [3.05, 3.63) is 0 Å². The zero-order valence-electron chi connectivity index (χ0n) is 13.9. The van der Waals surface area contributed by atoms with Gasteiger partial charge >= 0.3 is 0 Å². The Labute approximate surface area is 142 Å². The second-order valence-corrected chi connectivity index (χ2v) is 8.47. The van der Waals surface area contributed by atoms with Crippen LogP contribution in [0, 0.1) is 5.92 Å². The molecule has 2 amide bonds. The van der Waals surface area contributed by atoms with Crippen LogP contribution < -0.4 is 5.32 Å². The van der Waals surface area contributed by atoms with E-state index in [1.807, 2.05) is 25.7 Å². The van der Waals surface area contributed by atoms with Gasteiger partial charge < -0.3 is 10.2 Å². The van der Waals surface area contributed by atoms with Crippen molar-refractivity contribution < 1.29 is 9.59 Å². The summed E-state index contributed by atoms with van der Waals surface area (Å²) in [5.41, 5.74) is -0.0970. The van der Waals surface area contributed by atoms with Crippen LogP contribution in [0.15, 0.2) is 0 Å². The Kier molecular flexibility index (Phi) is 6.94. The molecule has 122 valence electrons. The zero-order valence-corrected chi connectivity index (χ0v) is 16.1. The van der Waals surface area contributed by atoms with Gasteiger partial charge in [-0.05, 0) is 32.1 Å². The van der Waals surface area contributed by atoms with Crippen molar-refractivity contribution in [2.75, 3.05) is 6.54 Å². The van der Waals surface area contributed by atoms with E-state index in [-0.39, 0.29) is 23.3 Å². The Morgan fingerprint density at radius 1 is 1.33 bits per heavy atom. The van der Waals surface area contributed by atoms with Crippen LogP contribution >= 0.6 is 22.6 Å². The first kappa shape index (κ1) is 18.7. The van der Waals surface area contributed by atoms with Crippen LogP contribution in [0.3, 0.4) is 0 Å². The van der Waals surface area contributed by atoms with Crippen molar-refractivity contribution in [1.82, 2.24) is 10.2 Å². The lowest BCUT2D eigenvalue weighted by atomic mass is 9.93. The van der Waals surface area contributed by atoms with Gasteiger partial charge in [0.2, 0.25) is 11.8 Å². The van der Waals surface area contributed by atoms with Crippen molar-refractivity contribution in [1.29, 1.82) is 0 Å². The summed E-state index contributed by atoms with van der Waals surface area (Å²) in [5, 5.41) is 2.94. The molecule has 1 rings (SSSR count). The summed E-state index contributed by atoms with van der Waals surface area (Å²) in [7, 11) is 0. The summed E-state index contributed by atoms with van der Waals surface area (Å²) >= 11 is 2.41. The molecule has 1 aliphatic heterocycles. The molecule has 1 fully saturated rings. The number of likely N-dealkylation sites (tertiary alicyclic amines) is 1. The number of hydrogen-bond donors (Lipinski definition) is 1. The summed E-state index contributed by atoms with van der Waals surface area (Å²) < 4.78 is 0.390. The molecule has 0 radical (unpaired) electrons. The van der Waals surface area contributed by atoms with Crippen molar-refractivity contribution >= 4 is 34.4 Å². The van der Waals surface area contributed by atoms with E-state index in [2.05, 4.69) is 41.8 Å². The normalized spacial score (nSPS) is 25.0. The third-order valence-electron chi connectivity index (χ3n) is 4.53. The van der Waals surface area contributed by atoms with Gasteiger partial charge in [-0.2, -0.15) is 0 Å². The summed E-state index contributed by atoms with van der Waals surface area (Å²) in [6.07, 6.45) is 3.37. The molecule has 0 bridgehead atoms. The maximum Gasteiger partial charge on any atom is 0.245 e. The molecule has 1 heterocycles. The fraction of sp³-hybridized carbons (Fsp3) is 0.875. The first-order valence-electron chi connectivity index (χ1n) is 7.99. The van der Waals surface area contributed by atoms with Gasteiger partial charge in [0.15, 0.2) is 0 Å². The molecule has 1 N–H and O–H groups in total. The minimum absolute atomic E-state index is 0.0204. The van der Waals surface area contributed by atoms with Crippen molar-refractivity contribution in [2.45, 2.75) is 75.8 Å². The lowest BCUT2D eigenvalue weighted by Crippen LogP contribution is -2.58. The van der Waals surface area contributed by atoms with Crippen molar-refractivity contribution in [3.63, 3.8) is 0 Å². The van der Waals surface area contributed by atoms with Crippen LogP contribution in [0.2, 0.25) is 0 Å². The predicted molar refractivity (Wildman–Crippen MR) is 94.5 cm³/mol. The van der Waals surface area contributed by atoms with Gasteiger partial charge in [0.05, 0.1) is 5.54 Å². The van der Waals surface area contributed by atoms with E-state index in [0.717, 1.165) is 25.8 Å². The highest BCUT2D eigenvalue weighted by atomic mass is 127. The molecular weight excluding hydrogens is 379 g/mol. The van der Waals surface area contributed by atoms with Gasteiger partial charge in [-0.3, -0.25) is 9.59 Å². The van der Waals surface area contributed by atoms with E-state index < -0.39 is 6.04 Å². The van der Waals surface area contributed by atoms with E-state index in [0.29, 0.717) is 10.3 Å². The average molecular weight is 408 g/mol. The smallest absolute Gasteiger partial charge is 0.245 e. The minimum Gasteiger partial charge on any atom is -0.344 e. The van der Waals surface area contributed by atoms with Gasteiger partial charge in [0, 0.05) is 16.9 Å². The first-order valence-corrected chi connectivity index (χ1v) is 9.23. The quantitative estimate of drug-likeness (QED) is 0.543. The molecule has 0 aromatic heterocycles. The van der Waals surface area contributed by atoms with Crippen LogP contribution in [-0.4, -0.2) is 38.8 Å². The molecule has 0 aromatic rings. The molecule has 0 aromatic carbocycles. The fourth-order valence-electron chi connectivity index (χ4n) is 2.92. The van der Waals surface area contributed by atoms with Gasteiger partial charge in [0.25, 0.3) is 0 Å². The Hall–Kier alpha value is -0.330. The molecule has 0 spiro atoms. The highest BCUT2D eigenvalue weighted by molar-refractivity contribution is 14.1. The second kappa shape index (κ2) is 7.79. The van der Waals surface area contributed by atoms with E-state index in [1.54, 1.807) is 0 Å². The molecule has 5 heteroatoms. The van der Waals surface area contributed by atoms with Gasteiger partial charge in [-0.1, -0.05) is 50.3 Å². The van der Waals surface area contributed by atoms with Crippen LogP contribution in [-0.2, 0) is 9.59 Å². The summed E-state index contributed by atoms with van der Waals surface area (Å²) in [4.78, 5) is 26.8. The lowest BCUT2D eigenvalue weighted by molar-refractivity contribution is -0.140. The fourth-order valence-corrected chi connectivity index (χ4v) is 3.56. The van der Waals surface area contributed by atoms with Crippen LogP contribution in [0.25, 0.3) is 0 Å². The van der Waals surface area contributed by atoms with Crippen molar-refractivity contribution in [3.8, 4) is 0 Å². The van der Waals surface area contributed by atoms with E-state index in [9.17, 15) is 9.59 Å². The number of amides is 2. The number of rotatable bonds is 6. The topological polar surface area (TPSA) is 49.4 Å². The monoisotopic (exact) mass is 408 g/mol. The SMILES string of the molecule is CCCC(=O)N[C@H](C(=O)N1CCC[C@]1(C)[C@@H](C)I)C(C)C. The highest BCUT2D eigenvalue weighted by Crippen LogP contribution is 2.36. The highest BCUT2D eigenvalue weighted by Gasteiger charge is 2.45. The number of nitrogens with zero attached hydrogens (tertiary/aromatic N) is 1. The van der Waals surface area contributed by atoms with E-state index in [4.69, 9.17) is 0 Å². The molecule has 3 atom stereocenters. The van der Waals surface area contributed by atoms with Gasteiger partial charge in [-0.15, -0.1) is 0 Å². The Morgan fingerprint density at radius 3 is 2.43 bits per heavy atom. The number of nitrogens with one attached hydrogen (secondary N) is 1. The maximum absolute atomic E-state index is 13.0.